The molecule has 0 saturated heterocycles. The highest BCUT2D eigenvalue weighted by molar-refractivity contribution is 7.13. The van der Waals surface area contributed by atoms with E-state index in [4.69, 9.17) is 0 Å². The summed E-state index contributed by atoms with van der Waals surface area (Å²) in [7, 11) is 0. The Bertz CT molecular complexity index is 826. The fraction of sp³-hybridized carbons (Fsp3) is 0.211. The molecule has 122 valence electrons. The van der Waals surface area contributed by atoms with E-state index in [1.807, 2.05) is 56.3 Å². The average Bonchev–Trinajstić information content (AvgIpc) is 2.97. The minimum Gasteiger partial charge on any atom is -0.321 e. The first-order chi connectivity index (χ1) is 11.6. The number of hydrogen-bond acceptors (Lipinski definition) is 4. The minimum atomic E-state index is -0.0991. The second-order valence-corrected chi connectivity index (χ2v) is 6.75. The number of hydrogen-bond donors (Lipinski definition) is 1. The zero-order valence-corrected chi connectivity index (χ0v) is 14.6. The molecule has 0 fully saturated rings. The number of pyridine rings is 1. The number of anilines is 1. The third kappa shape index (κ3) is 4.06. The van der Waals surface area contributed by atoms with Crippen LogP contribution in [-0.2, 0) is 12.8 Å². The summed E-state index contributed by atoms with van der Waals surface area (Å²) in [6, 6.07) is 13.7. The Morgan fingerprint density at radius 3 is 2.58 bits per heavy atom. The SMILES string of the molecule is Cc1ccc(NC(=O)c2sc(CCc3ccccn3)nc2C)cc1. The van der Waals surface area contributed by atoms with E-state index in [-0.39, 0.29) is 5.91 Å². The second-order valence-electron chi connectivity index (χ2n) is 5.66. The second kappa shape index (κ2) is 7.36. The average molecular weight is 337 g/mol. The fourth-order valence-corrected chi connectivity index (χ4v) is 3.34. The van der Waals surface area contributed by atoms with Crippen LogP contribution in [0.15, 0.2) is 48.7 Å². The summed E-state index contributed by atoms with van der Waals surface area (Å²) in [6.45, 7) is 3.90. The van der Waals surface area contributed by atoms with Crippen molar-refractivity contribution in [2.75, 3.05) is 5.32 Å². The molecule has 2 heterocycles. The molecule has 0 bridgehead atoms. The van der Waals surface area contributed by atoms with Gasteiger partial charge in [0.1, 0.15) is 4.88 Å². The summed E-state index contributed by atoms with van der Waals surface area (Å²) < 4.78 is 0. The van der Waals surface area contributed by atoms with Crippen molar-refractivity contribution in [1.29, 1.82) is 0 Å². The van der Waals surface area contributed by atoms with E-state index >= 15 is 0 Å². The third-order valence-corrected chi connectivity index (χ3v) is 4.89. The van der Waals surface area contributed by atoms with Crippen LogP contribution in [-0.4, -0.2) is 15.9 Å². The maximum Gasteiger partial charge on any atom is 0.267 e. The van der Waals surface area contributed by atoms with Gasteiger partial charge in [-0.15, -0.1) is 11.3 Å². The lowest BCUT2D eigenvalue weighted by atomic mass is 10.2. The Hall–Kier alpha value is -2.53. The van der Waals surface area contributed by atoms with Crippen molar-refractivity contribution in [2.45, 2.75) is 26.7 Å². The highest BCUT2D eigenvalue weighted by atomic mass is 32.1. The van der Waals surface area contributed by atoms with Gasteiger partial charge in [-0.05, 0) is 44.5 Å². The fourth-order valence-electron chi connectivity index (χ4n) is 2.38. The standard InChI is InChI=1S/C19H19N3OS/c1-13-6-8-16(9-7-13)22-19(23)18-14(2)21-17(24-18)11-10-15-5-3-4-12-20-15/h3-9,12H,10-11H2,1-2H3,(H,22,23). The van der Waals surface area contributed by atoms with Crippen molar-refractivity contribution in [3.05, 3.63) is 75.5 Å². The van der Waals surface area contributed by atoms with Gasteiger partial charge in [-0.2, -0.15) is 0 Å². The highest BCUT2D eigenvalue weighted by Crippen LogP contribution is 2.21. The number of amides is 1. The first-order valence-corrected chi connectivity index (χ1v) is 8.68. The van der Waals surface area contributed by atoms with Crippen molar-refractivity contribution in [2.24, 2.45) is 0 Å². The van der Waals surface area contributed by atoms with Crippen LogP contribution in [0.3, 0.4) is 0 Å². The minimum absolute atomic E-state index is 0.0991. The highest BCUT2D eigenvalue weighted by Gasteiger charge is 2.15. The monoisotopic (exact) mass is 337 g/mol. The molecule has 2 aromatic heterocycles. The first-order valence-electron chi connectivity index (χ1n) is 7.86. The molecule has 0 saturated carbocycles. The maximum absolute atomic E-state index is 12.5. The lowest BCUT2D eigenvalue weighted by Crippen LogP contribution is -2.11. The number of nitrogens with zero attached hydrogens (tertiary/aromatic N) is 2. The molecular weight excluding hydrogens is 318 g/mol. The Balaban J connectivity index is 1.66. The molecule has 0 unspecified atom stereocenters. The molecule has 1 N–H and O–H groups in total. The Labute approximate surface area is 145 Å². The maximum atomic E-state index is 12.5. The molecule has 0 radical (unpaired) electrons. The summed E-state index contributed by atoms with van der Waals surface area (Å²) in [5.41, 5.74) is 3.78. The Morgan fingerprint density at radius 1 is 1.08 bits per heavy atom. The van der Waals surface area contributed by atoms with E-state index in [2.05, 4.69) is 15.3 Å². The Morgan fingerprint density at radius 2 is 1.88 bits per heavy atom. The molecular formula is C19H19N3OS. The summed E-state index contributed by atoms with van der Waals surface area (Å²) in [5, 5.41) is 3.90. The van der Waals surface area contributed by atoms with Crippen molar-refractivity contribution >= 4 is 22.9 Å². The largest absolute Gasteiger partial charge is 0.321 e. The van der Waals surface area contributed by atoms with E-state index in [9.17, 15) is 4.79 Å². The molecule has 1 amide bonds. The van der Waals surface area contributed by atoms with Gasteiger partial charge in [0.2, 0.25) is 0 Å². The van der Waals surface area contributed by atoms with Crippen molar-refractivity contribution in [3.8, 4) is 0 Å². The van der Waals surface area contributed by atoms with E-state index in [1.54, 1.807) is 6.20 Å². The van der Waals surface area contributed by atoms with Crippen molar-refractivity contribution in [1.82, 2.24) is 9.97 Å². The summed E-state index contributed by atoms with van der Waals surface area (Å²) >= 11 is 1.46. The Kier molecular flexibility index (Phi) is 5.01. The summed E-state index contributed by atoms with van der Waals surface area (Å²) in [6.07, 6.45) is 3.41. The smallest absolute Gasteiger partial charge is 0.267 e. The van der Waals surface area contributed by atoms with Gasteiger partial charge in [0.05, 0.1) is 10.7 Å². The van der Waals surface area contributed by atoms with Gasteiger partial charge in [0, 0.05) is 24.0 Å². The number of carbonyl (C=O) groups is 1. The van der Waals surface area contributed by atoms with E-state index < -0.39 is 0 Å². The van der Waals surface area contributed by atoms with Gasteiger partial charge < -0.3 is 5.32 Å². The number of carbonyl (C=O) groups excluding carboxylic acids is 1. The quantitative estimate of drug-likeness (QED) is 0.759. The molecule has 24 heavy (non-hydrogen) atoms. The van der Waals surface area contributed by atoms with Gasteiger partial charge in [0.25, 0.3) is 5.91 Å². The number of thiazole rings is 1. The van der Waals surface area contributed by atoms with Crippen LogP contribution in [0, 0.1) is 13.8 Å². The van der Waals surface area contributed by atoms with Crippen LogP contribution in [0.2, 0.25) is 0 Å². The van der Waals surface area contributed by atoms with Crippen LogP contribution in [0.1, 0.15) is 31.6 Å². The van der Waals surface area contributed by atoms with Gasteiger partial charge in [-0.25, -0.2) is 4.98 Å². The van der Waals surface area contributed by atoms with E-state index in [1.165, 1.54) is 16.9 Å². The predicted octanol–water partition coefficient (Wildman–Crippen LogP) is 4.19. The molecule has 0 atom stereocenters. The molecule has 5 heteroatoms. The molecule has 0 aliphatic rings. The predicted molar refractivity (Wildman–Crippen MR) is 97.6 cm³/mol. The zero-order chi connectivity index (χ0) is 16.9. The third-order valence-electron chi connectivity index (χ3n) is 3.68. The van der Waals surface area contributed by atoms with Crippen molar-refractivity contribution < 1.29 is 4.79 Å². The molecule has 0 aliphatic heterocycles. The van der Waals surface area contributed by atoms with Gasteiger partial charge in [0.15, 0.2) is 0 Å². The number of rotatable bonds is 5. The number of benzene rings is 1. The van der Waals surface area contributed by atoms with Crippen LogP contribution in [0.5, 0.6) is 0 Å². The number of nitrogens with one attached hydrogen (secondary N) is 1. The molecule has 1 aromatic carbocycles. The molecule has 4 nitrogen and oxygen atoms in total. The van der Waals surface area contributed by atoms with Crippen LogP contribution >= 0.6 is 11.3 Å². The molecule has 0 aliphatic carbocycles. The summed E-state index contributed by atoms with van der Waals surface area (Å²) in [4.78, 5) is 22.0. The normalized spacial score (nSPS) is 10.6. The lowest BCUT2D eigenvalue weighted by molar-refractivity contribution is 0.103. The van der Waals surface area contributed by atoms with E-state index in [0.717, 1.165) is 34.9 Å². The van der Waals surface area contributed by atoms with Crippen LogP contribution in [0.25, 0.3) is 0 Å². The first kappa shape index (κ1) is 16.3. The summed E-state index contributed by atoms with van der Waals surface area (Å²) in [5.74, 6) is -0.0991. The van der Waals surface area contributed by atoms with Crippen molar-refractivity contribution in [3.63, 3.8) is 0 Å². The van der Waals surface area contributed by atoms with Gasteiger partial charge in [-0.3, -0.25) is 9.78 Å². The van der Waals surface area contributed by atoms with E-state index in [0.29, 0.717) is 4.88 Å². The topological polar surface area (TPSA) is 54.9 Å². The van der Waals surface area contributed by atoms with Gasteiger partial charge in [-0.1, -0.05) is 23.8 Å². The zero-order valence-electron chi connectivity index (χ0n) is 13.7. The molecule has 3 aromatic rings. The van der Waals surface area contributed by atoms with Gasteiger partial charge >= 0.3 is 0 Å². The number of aromatic nitrogens is 2. The lowest BCUT2D eigenvalue weighted by Gasteiger charge is -2.04. The van der Waals surface area contributed by atoms with Crippen LogP contribution < -0.4 is 5.32 Å². The molecule has 0 spiro atoms. The van der Waals surface area contributed by atoms with Crippen LogP contribution in [0.4, 0.5) is 5.69 Å². The number of aryl methyl sites for hydroxylation is 4. The molecule has 3 rings (SSSR count).